The maximum absolute atomic E-state index is 12.9. The van der Waals surface area contributed by atoms with Crippen molar-refractivity contribution in [3.8, 4) is 0 Å². The highest BCUT2D eigenvalue weighted by atomic mass is 32.2. The van der Waals surface area contributed by atoms with Gasteiger partial charge in [-0.2, -0.15) is 0 Å². The van der Waals surface area contributed by atoms with E-state index in [2.05, 4.69) is 5.32 Å². The van der Waals surface area contributed by atoms with E-state index >= 15 is 0 Å². The van der Waals surface area contributed by atoms with Crippen molar-refractivity contribution in [1.29, 1.82) is 0 Å². The summed E-state index contributed by atoms with van der Waals surface area (Å²) in [5.41, 5.74) is 1.16. The standard InChI is InChI=1S/C19H21FN2O3S/c20-17-8-6-15(7-9-17)14-26(24,25)22-12-10-18(11-13-22)21-19(23)16-4-2-1-3-5-16/h1-9,18H,10-14H2,(H,21,23). The molecule has 0 aliphatic carbocycles. The fraction of sp³-hybridized carbons (Fsp3) is 0.316. The Labute approximate surface area is 152 Å². The van der Waals surface area contributed by atoms with Gasteiger partial charge in [-0.1, -0.05) is 30.3 Å². The summed E-state index contributed by atoms with van der Waals surface area (Å²) in [6, 6.07) is 14.4. The molecule has 0 saturated carbocycles. The van der Waals surface area contributed by atoms with E-state index in [9.17, 15) is 17.6 Å². The number of amides is 1. The number of halogens is 1. The molecular formula is C19H21FN2O3S. The number of nitrogens with zero attached hydrogens (tertiary/aromatic N) is 1. The van der Waals surface area contributed by atoms with E-state index in [1.165, 1.54) is 28.6 Å². The molecule has 7 heteroatoms. The van der Waals surface area contributed by atoms with Gasteiger partial charge in [0.05, 0.1) is 5.75 Å². The largest absolute Gasteiger partial charge is 0.349 e. The summed E-state index contributed by atoms with van der Waals surface area (Å²) < 4.78 is 39.5. The molecule has 0 spiro atoms. The summed E-state index contributed by atoms with van der Waals surface area (Å²) in [6.45, 7) is 0.729. The molecular weight excluding hydrogens is 355 g/mol. The van der Waals surface area contributed by atoms with Crippen molar-refractivity contribution >= 4 is 15.9 Å². The number of piperidine rings is 1. The zero-order chi connectivity index (χ0) is 18.6. The molecule has 1 fully saturated rings. The molecule has 5 nitrogen and oxygen atoms in total. The second-order valence-corrected chi connectivity index (χ2v) is 8.36. The van der Waals surface area contributed by atoms with Crippen LogP contribution in [0.25, 0.3) is 0 Å². The maximum Gasteiger partial charge on any atom is 0.251 e. The van der Waals surface area contributed by atoms with Crippen LogP contribution in [0.5, 0.6) is 0 Å². The van der Waals surface area contributed by atoms with Crippen molar-refractivity contribution in [2.75, 3.05) is 13.1 Å². The van der Waals surface area contributed by atoms with Gasteiger partial charge in [-0.15, -0.1) is 0 Å². The van der Waals surface area contributed by atoms with Crippen molar-refractivity contribution in [2.24, 2.45) is 0 Å². The average Bonchev–Trinajstić information content (AvgIpc) is 2.64. The van der Waals surface area contributed by atoms with Crippen LogP contribution in [0.3, 0.4) is 0 Å². The summed E-state index contributed by atoms with van der Waals surface area (Å²) in [7, 11) is -3.46. The zero-order valence-corrected chi connectivity index (χ0v) is 15.1. The van der Waals surface area contributed by atoms with Gasteiger partial charge in [0.15, 0.2) is 0 Å². The molecule has 1 saturated heterocycles. The summed E-state index contributed by atoms with van der Waals surface area (Å²) in [5.74, 6) is -0.673. The first-order chi connectivity index (χ1) is 12.4. The van der Waals surface area contributed by atoms with Gasteiger partial charge in [0.25, 0.3) is 5.91 Å². The molecule has 1 aliphatic heterocycles. The molecule has 0 aromatic heterocycles. The Balaban J connectivity index is 1.54. The van der Waals surface area contributed by atoms with Gasteiger partial charge in [0.1, 0.15) is 5.82 Å². The van der Waals surface area contributed by atoms with Gasteiger partial charge in [0.2, 0.25) is 10.0 Å². The zero-order valence-electron chi connectivity index (χ0n) is 14.3. The van der Waals surface area contributed by atoms with Crippen LogP contribution < -0.4 is 5.32 Å². The molecule has 1 N–H and O–H groups in total. The van der Waals surface area contributed by atoms with Crippen molar-refractivity contribution in [1.82, 2.24) is 9.62 Å². The minimum Gasteiger partial charge on any atom is -0.349 e. The Kier molecular flexibility index (Phi) is 5.68. The summed E-state index contributed by atoms with van der Waals surface area (Å²) in [4.78, 5) is 12.2. The minimum atomic E-state index is -3.46. The van der Waals surface area contributed by atoms with E-state index in [4.69, 9.17) is 0 Å². The van der Waals surface area contributed by atoms with Gasteiger partial charge in [0, 0.05) is 24.7 Å². The third-order valence-corrected chi connectivity index (χ3v) is 6.33. The number of hydrogen-bond donors (Lipinski definition) is 1. The quantitative estimate of drug-likeness (QED) is 0.872. The Morgan fingerprint density at radius 2 is 1.65 bits per heavy atom. The lowest BCUT2D eigenvalue weighted by atomic mass is 10.1. The molecule has 0 radical (unpaired) electrons. The Hall–Kier alpha value is -2.25. The normalized spacial score (nSPS) is 16.3. The number of carbonyl (C=O) groups is 1. The number of benzene rings is 2. The lowest BCUT2D eigenvalue weighted by Gasteiger charge is -2.31. The molecule has 0 unspecified atom stereocenters. The number of sulfonamides is 1. The molecule has 1 heterocycles. The predicted octanol–water partition coefficient (Wildman–Crippen LogP) is 2.55. The summed E-state index contributed by atoms with van der Waals surface area (Å²) >= 11 is 0. The van der Waals surface area contributed by atoms with Gasteiger partial charge in [-0.3, -0.25) is 4.79 Å². The van der Waals surface area contributed by atoms with E-state index in [1.807, 2.05) is 6.07 Å². The van der Waals surface area contributed by atoms with E-state index in [0.717, 1.165) is 0 Å². The lowest BCUT2D eigenvalue weighted by molar-refractivity contribution is 0.0924. The molecule has 2 aromatic rings. The van der Waals surface area contributed by atoms with E-state index in [1.54, 1.807) is 24.3 Å². The molecule has 1 aliphatic rings. The van der Waals surface area contributed by atoms with Crippen molar-refractivity contribution in [3.05, 3.63) is 71.5 Å². The van der Waals surface area contributed by atoms with Crippen LogP contribution >= 0.6 is 0 Å². The number of nitrogens with one attached hydrogen (secondary N) is 1. The van der Waals surface area contributed by atoms with Gasteiger partial charge >= 0.3 is 0 Å². The first-order valence-electron chi connectivity index (χ1n) is 8.52. The summed E-state index contributed by atoms with van der Waals surface area (Å²) in [5, 5.41) is 2.96. The molecule has 138 valence electrons. The van der Waals surface area contributed by atoms with Gasteiger partial charge in [-0.25, -0.2) is 17.1 Å². The van der Waals surface area contributed by atoms with Crippen LogP contribution in [-0.2, 0) is 15.8 Å². The fourth-order valence-corrected chi connectivity index (χ4v) is 4.58. The van der Waals surface area contributed by atoms with Crippen LogP contribution in [0.2, 0.25) is 0 Å². The fourth-order valence-electron chi connectivity index (χ4n) is 3.02. The van der Waals surface area contributed by atoms with Crippen molar-refractivity contribution in [2.45, 2.75) is 24.6 Å². The first kappa shape index (κ1) is 18.5. The molecule has 2 aromatic carbocycles. The monoisotopic (exact) mass is 376 g/mol. The third-order valence-electron chi connectivity index (χ3n) is 4.48. The highest BCUT2D eigenvalue weighted by molar-refractivity contribution is 7.88. The molecule has 1 amide bonds. The second-order valence-electron chi connectivity index (χ2n) is 6.40. The van der Waals surface area contributed by atoms with E-state index < -0.39 is 10.0 Å². The highest BCUT2D eigenvalue weighted by Crippen LogP contribution is 2.18. The van der Waals surface area contributed by atoms with Gasteiger partial charge in [-0.05, 0) is 42.7 Å². The summed E-state index contributed by atoms with van der Waals surface area (Å²) in [6.07, 6.45) is 1.14. The molecule has 0 bridgehead atoms. The number of carbonyl (C=O) groups excluding carboxylic acids is 1. The Bertz CT molecular complexity index is 846. The molecule has 3 rings (SSSR count). The molecule has 0 atom stereocenters. The average molecular weight is 376 g/mol. The minimum absolute atomic E-state index is 0.0417. The van der Waals surface area contributed by atoms with Crippen molar-refractivity contribution < 1.29 is 17.6 Å². The number of rotatable bonds is 5. The molecule has 26 heavy (non-hydrogen) atoms. The maximum atomic E-state index is 12.9. The predicted molar refractivity (Wildman–Crippen MR) is 97.5 cm³/mol. The van der Waals surface area contributed by atoms with Crippen LogP contribution in [0, 0.1) is 5.82 Å². The smallest absolute Gasteiger partial charge is 0.251 e. The Morgan fingerprint density at radius 1 is 1.04 bits per heavy atom. The first-order valence-corrected chi connectivity index (χ1v) is 10.1. The third kappa shape index (κ3) is 4.68. The Morgan fingerprint density at radius 3 is 2.27 bits per heavy atom. The van der Waals surface area contributed by atoms with Crippen LogP contribution in [0.4, 0.5) is 4.39 Å². The second kappa shape index (κ2) is 7.97. The van der Waals surface area contributed by atoms with E-state index in [0.29, 0.717) is 37.1 Å². The van der Waals surface area contributed by atoms with Gasteiger partial charge < -0.3 is 5.32 Å². The van der Waals surface area contributed by atoms with Crippen LogP contribution in [-0.4, -0.2) is 37.8 Å². The van der Waals surface area contributed by atoms with Crippen molar-refractivity contribution in [3.63, 3.8) is 0 Å². The van der Waals surface area contributed by atoms with E-state index in [-0.39, 0.29) is 23.5 Å². The topological polar surface area (TPSA) is 66.5 Å². The van der Waals surface area contributed by atoms with Crippen LogP contribution in [0.15, 0.2) is 54.6 Å². The SMILES string of the molecule is O=C(NC1CCN(S(=O)(=O)Cc2ccc(F)cc2)CC1)c1ccccc1. The number of hydrogen-bond acceptors (Lipinski definition) is 3. The highest BCUT2D eigenvalue weighted by Gasteiger charge is 2.28. The van der Waals surface area contributed by atoms with Crippen LogP contribution in [0.1, 0.15) is 28.8 Å². The lowest BCUT2D eigenvalue weighted by Crippen LogP contribution is -2.46.